The molecule has 4 aliphatic carbocycles. The van der Waals surface area contributed by atoms with Gasteiger partial charge in [0, 0.05) is 12.1 Å². The van der Waals surface area contributed by atoms with Crippen LogP contribution in [-0.2, 0) is 11.3 Å². The van der Waals surface area contributed by atoms with Gasteiger partial charge in [0.2, 0.25) is 0 Å². The van der Waals surface area contributed by atoms with E-state index >= 15 is 0 Å². The quantitative estimate of drug-likeness (QED) is 0.794. The standard InChI is InChI=1S/C23H33F2N3O2/c1-22-8-6-16-15-7-9-23(30,21(24)25)12-14(15)2-3-17(16)18(22)4-5-19(22)20(29)13-28-11-10-26-27-28/h10-11,14-19,21,30H,2-9,12-13H2,1H3/t14-,15?,16-,17-,18+,19-,22+,23-/m1/s1. The molecule has 0 saturated heterocycles. The van der Waals surface area contributed by atoms with E-state index < -0.39 is 12.0 Å². The first kappa shape index (κ1) is 20.5. The Morgan fingerprint density at radius 1 is 1.13 bits per heavy atom. The van der Waals surface area contributed by atoms with Crippen molar-refractivity contribution in [2.45, 2.75) is 83.3 Å². The Morgan fingerprint density at radius 3 is 2.67 bits per heavy atom. The number of alkyl halides is 2. The number of fused-ring (bicyclic) bond motifs is 5. The fourth-order valence-electron chi connectivity index (χ4n) is 8.22. The SMILES string of the molecule is C[C@]12CC[C@@H]3C4CC[C@](O)(C(F)F)C[C@H]4CC[C@H]3[C@@H]1CC[C@@H]2C(=O)Cn1ccnn1. The predicted octanol–water partition coefficient (Wildman–Crippen LogP) is 4.11. The van der Waals surface area contributed by atoms with E-state index in [2.05, 4.69) is 17.2 Å². The first-order chi connectivity index (χ1) is 14.3. The first-order valence-electron chi connectivity index (χ1n) is 11.7. The van der Waals surface area contributed by atoms with Crippen LogP contribution in [0.2, 0.25) is 0 Å². The molecule has 1 heterocycles. The molecule has 166 valence electrons. The van der Waals surface area contributed by atoms with Crippen LogP contribution in [0.25, 0.3) is 0 Å². The van der Waals surface area contributed by atoms with Crippen molar-refractivity contribution in [1.82, 2.24) is 15.0 Å². The summed E-state index contributed by atoms with van der Waals surface area (Å²) in [5.41, 5.74) is -1.73. The lowest BCUT2D eigenvalue weighted by Crippen LogP contribution is -2.53. The second kappa shape index (κ2) is 7.35. The molecule has 1 N–H and O–H groups in total. The monoisotopic (exact) mass is 421 g/mol. The second-order valence-electron chi connectivity index (χ2n) is 10.8. The van der Waals surface area contributed by atoms with Crippen LogP contribution in [0.5, 0.6) is 0 Å². The van der Waals surface area contributed by atoms with Crippen LogP contribution in [-0.4, -0.2) is 37.9 Å². The molecule has 5 nitrogen and oxygen atoms in total. The van der Waals surface area contributed by atoms with Gasteiger partial charge in [-0.15, -0.1) is 5.10 Å². The number of carbonyl (C=O) groups is 1. The van der Waals surface area contributed by atoms with Gasteiger partial charge in [-0.3, -0.25) is 4.79 Å². The second-order valence-corrected chi connectivity index (χ2v) is 10.8. The zero-order valence-electron chi connectivity index (χ0n) is 17.7. The van der Waals surface area contributed by atoms with E-state index in [-0.39, 0.29) is 35.9 Å². The lowest BCUT2D eigenvalue weighted by Gasteiger charge is -2.57. The number of hydrogen-bond acceptors (Lipinski definition) is 4. The number of aromatic nitrogens is 3. The number of ketones is 1. The molecule has 0 aromatic carbocycles. The molecule has 0 spiro atoms. The maximum atomic E-state index is 13.4. The summed E-state index contributed by atoms with van der Waals surface area (Å²) in [4.78, 5) is 13.1. The third-order valence-corrected chi connectivity index (χ3v) is 9.63. The summed E-state index contributed by atoms with van der Waals surface area (Å²) in [6.07, 6.45) is 8.15. The summed E-state index contributed by atoms with van der Waals surface area (Å²) in [6, 6.07) is 0. The zero-order valence-corrected chi connectivity index (χ0v) is 17.7. The van der Waals surface area contributed by atoms with Gasteiger partial charge in [-0.25, -0.2) is 13.5 Å². The van der Waals surface area contributed by atoms with E-state index in [9.17, 15) is 18.7 Å². The van der Waals surface area contributed by atoms with Gasteiger partial charge in [-0.1, -0.05) is 12.1 Å². The molecule has 30 heavy (non-hydrogen) atoms. The Bertz CT molecular complexity index is 787. The van der Waals surface area contributed by atoms with Crippen LogP contribution in [0.15, 0.2) is 12.4 Å². The summed E-state index contributed by atoms with van der Waals surface area (Å²) in [5.74, 6) is 2.79. The molecular formula is C23H33F2N3O2. The molecule has 8 atom stereocenters. The Morgan fingerprint density at radius 2 is 1.93 bits per heavy atom. The number of carbonyl (C=O) groups excluding carboxylic acids is 1. The smallest absolute Gasteiger partial charge is 0.266 e. The average Bonchev–Trinajstić information content (AvgIpc) is 3.34. The zero-order chi connectivity index (χ0) is 21.1. The van der Waals surface area contributed by atoms with Crippen molar-refractivity contribution >= 4 is 5.78 Å². The Kier molecular flexibility index (Phi) is 5.03. The summed E-state index contributed by atoms with van der Waals surface area (Å²) >= 11 is 0. The minimum atomic E-state index is -2.64. The largest absolute Gasteiger partial charge is 0.384 e. The fraction of sp³-hybridized carbons (Fsp3) is 0.870. The molecule has 7 heteroatoms. The lowest BCUT2D eigenvalue weighted by atomic mass is 9.49. The highest BCUT2D eigenvalue weighted by atomic mass is 19.3. The van der Waals surface area contributed by atoms with Crippen molar-refractivity contribution in [2.24, 2.45) is 40.9 Å². The predicted molar refractivity (Wildman–Crippen MR) is 107 cm³/mol. The van der Waals surface area contributed by atoms with Gasteiger partial charge in [0.15, 0.2) is 5.78 Å². The molecule has 0 radical (unpaired) electrons. The number of aliphatic hydroxyl groups is 1. The van der Waals surface area contributed by atoms with Crippen LogP contribution in [0, 0.1) is 40.9 Å². The van der Waals surface area contributed by atoms with Gasteiger partial charge < -0.3 is 5.11 Å². The van der Waals surface area contributed by atoms with Crippen LogP contribution in [0.1, 0.15) is 64.7 Å². The minimum Gasteiger partial charge on any atom is -0.384 e. The number of nitrogens with zero attached hydrogens (tertiary/aromatic N) is 3. The van der Waals surface area contributed by atoms with Crippen LogP contribution in [0.3, 0.4) is 0 Å². The van der Waals surface area contributed by atoms with Crippen molar-refractivity contribution < 1.29 is 18.7 Å². The molecule has 0 aliphatic heterocycles. The molecule has 1 aromatic rings. The third-order valence-electron chi connectivity index (χ3n) is 9.63. The van der Waals surface area contributed by atoms with Crippen molar-refractivity contribution in [3.63, 3.8) is 0 Å². The molecular weight excluding hydrogens is 388 g/mol. The normalized spacial score (nSPS) is 45.6. The number of halogens is 2. The summed E-state index contributed by atoms with van der Waals surface area (Å²) in [5, 5.41) is 18.1. The van der Waals surface area contributed by atoms with Crippen molar-refractivity contribution in [3.05, 3.63) is 12.4 Å². The summed E-state index contributed by atoms with van der Waals surface area (Å²) < 4.78 is 28.4. The van der Waals surface area contributed by atoms with Crippen LogP contribution in [0.4, 0.5) is 8.78 Å². The number of hydrogen-bond donors (Lipinski definition) is 1. The molecule has 0 amide bonds. The highest BCUT2D eigenvalue weighted by molar-refractivity contribution is 5.82. The molecule has 5 rings (SSSR count). The molecule has 4 fully saturated rings. The minimum absolute atomic E-state index is 0.0457. The number of Topliss-reactive ketones (excluding diaryl/α,β-unsaturated/α-hetero) is 1. The van der Waals surface area contributed by atoms with Gasteiger partial charge in [-0.05, 0) is 92.8 Å². The molecule has 4 saturated carbocycles. The van der Waals surface area contributed by atoms with E-state index in [4.69, 9.17) is 0 Å². The summed E-state index contributed by atoms with van der Waals surface area (Å²) in [6.45, 7) is 2.63. The van der Waals surface area contributed by atoms with Gasteiger partial charge in [0.25, 0.3) is 6.43 Å². The van der Waals surface area contributed by atoms with Crippen molar-refractivity contribution in [3.8, 4) is 0 Å². The maximum Gasteiger partial charge on any atom is 0.266 e. The topological polar surface area (TPSA) is 68.0 Å². The third kappa shape index (κ3) is 3.14. The highest BCUT2D eigenvalue weighted by Crippen LogP contribution is 2.64. The Hall–Kier alpha value is -1.37. The van der Waals surface area contributed by atoms with E-state index in [1.165, 1.54) is 0 Å². The first-order valence-corrected chi connectivity index (χ1v) is 11.7. The van der Waals surface area contributed by atoms with E-state index in [1.807, 2.05) is 0 Å². The Labute approximate surface area is 176 Å². The van der Waals surface area contributed by atoms with Crippen LogP contribution < -0.4 is 0 Å². The summed E-state index contributed by atoms with van der Waals surface area (Å²) in [7, 11) is 0. The van der Waals surface area contributed by atoms with Gasteiger partial charge >= 0.3 is 0 Å². The average molecular weight is 422 g/mol. The lowest BCUT2D eigenvalue weighted by molar-refractivity contribution is -0.160. The molecule has 4 aliphatic rings. The molecule has 0 bridgehead atoms. The molecule has 1 unspecified atom stereocenters. The van der Waals surface area contributed by atoms with Crippen molar-refractivity contribution in [2.75, 3.05) is 0 Å². The van der Waals surface area contributed by atoms with Gasteiger partial charge in [-0.2, -0.15) is 0 Å². The molecule has 1 aromatic heterocycles. The van der Waals surface area contributed by atoms with Gasteiger partial charge in [0.05, 0.1) is 6.20 Å². The van der Waals surface area contributed by atoms with E-state index in [1.54, 1.807) is 17.1 Å². The highest BCUT2D eigenvalue weighted by Gasteiger charge is 2.59. The number of rotatable bonds is 4. The Balaban J connectivity index is 1.30. The van der Waals surface area contributed by atoms with Crippen molar-refractivity contribution in [1.29, 1.82) is 0 Å². The van der Waals surface area contributed by atoms with Crippen LogP contribution >= 0.6 is 0 Å². The van der Waals surface area contributed by atoms with Gasteiger partial charge in [0.1, 0.15) is 12.1 Å². The fourth-order valence-corrected chi connectivity index (χ4v) is 8.22. The maximum absolute atomic E-state index is 13.4. The van der Waals surface area contributed by atoms with E-state index in [0.29, 0.717) is 30.2 Å². The van der Waals surface area contributed by atoms with E-state index in [0.717, 1.165) is 44.9 Å².